The summed E-state index contributed by atoms with van der Waals surface area (Å²) in [5.41, 5.74) is 1.49. The van der Waals surface area contributed by atoms with Crippen LogP contribution in [0.2, 0.25) is 0 Å². The first-order chi connectivity index (χ1) is 45.2. The third-order valence-electron chi connectivity index (χ3n) is 8.46. The molecule has 2 aromatic carbocycles. The quantitative estimate of drug-likeness (QED) is 0.0473. The lowest BCUT2D eigenvalue weighted by atomic mass is 9.97. The standard InChI is InChI=1S/C10H12O2.C10H14O.C8H16O2.C7H16O.2C6H14O.C6H12O.C5H10O3.C5H12O2.C5H10O2.C5H12O.C4H10O.C3H8O/c1-8(2)12-10(11)9-6-4-3-5-7-9;1-9(2)11-8-10-6-4-3-5-7-10;1-6(2)10-7(9)8(3,4)5;1-6(2)8-7(3,4)5;1-5(2)7-6(3)4;2*1-4-5-7-6(2)3;1-4(2)8-5(6)7-3;1-5(2)7-4-6-3;1-4(2)7-5(3)6;1-4-6-5(2)3;1-4(2)5-3;1-3(2)4/h3-8H,1-2H3;3-7,9H,8H2,1-2H3;6H,1-5H3;6H,1-5H3;5-6H,1-4H3;6H,4-5H2,1-3H3;4,6H,1,5H2,2-3H3;4H,1-3H3;5H,4H2,1-3H3;4H,1-3H3;5H,4H2,1-3H3;4H,1-3H3;3-4H,1-2H3. The van der Waals surface area contributed by atoms with Crippen LogP contribution in [0.4, 0.5) is 4.79 Å². The van der Waals surface area contributed by atoms with Gasteiger partial charge in [-0.3, -0.25) is 9.59 Å². The minimum absolute atomic E-state index is 0.00766. The summed E-state index contributed by atoms with van der Waals surface area (Å²) in [6.45, 7) is 78.7. The molecule has 0 saturated carbocycles. The number of esters is 3. The molecule has 0 aliphatic carbocycles. The summed E-state index contributed by atoms with van der Waals surface area (Å²) >= 11 is 0. The van der Waals surface area contributed by atoms with Crippen molar-refractivity contribution >= 4 is 24.1 Å². The Morgan fingerprint density at radius 3 is 1.00 bits per heavy atom. The van der Waals surface area contributed by atoms with Gasteiger partial charge in [-0.15, -0.1) is 6.58 Å². The number of aliphatic hydroxyl groups excluding tert-OH is 1. The topological polar surface area (TPSA) is 218 Å². The number of carbonyl (C=O) groups is 4. The van der Waals surface area contributed by atoms with Crippen molar-refractivity contribution in [1.29, 1.82) is 0 Å². The van der Waals surface area contributed by atoms with E-state index in [9.17, 15) is 19.2 Å². The molecule has 99 heavy (non-hydrogen) atoms. The Bertz CT molecular complexity index is 1900. The predicted molar refractivity (Wildman–Crippen MR) is 414 cm³/mol. The third-order valence-corrected chi connectivity index (χ3v) is 8.46. The molecule has 0 fully saturated rings. The lowest BCUT2D eigenvalue weighted by molar-refractivity contribution is -0.156. The lowest BCUT2D eigenvalue weighted by Gasteiger charge is -2.22. The first kappa shape index (κ1) is 118. The van der Waals surface area contributed by atoms with Gasteiger partial charge in [0.25, 0.3) is 0 Å². The van der Waals surface area contributed by atoms with Gasteiger partial charge in [0, 0.05) is 40.5 Å². The van der Waals surface area contributed by atoms with E-state index in [-0.39, 0.29) is 65.5 Å². The summed E-state index contributed by atoms with van der Waals surface area (Å²) in [5.74, 6) is -0.608. The van der Waals surface area contributed by atoms with Crippen molar-refractivity contribution in [1.82, 2.24) is 0 Å². The van der Waals surface area contributed by atoms with Gasteiger partial charge in [0.15, 0.2) is 0 Å². The van der Waals surface area contributed by atoms with E-state index in [0.29, 0.717) is 67.8 Å². The molecule has 0 unspecified atom stereocenters. The molecule has 594 valence electrons. The van der Waals surface area contributed by atoms with E-state index in [0.717, 1.165) is 26.2 Å². The minimum Gasteiger partial charge on any atom is -0.463 e. The Kier molecular flexibility index (Phi) is 98.6. The Morgan fingerprint density at radius 1 is 0.465 bits per heavy atom. The summed E-state index contributed by atoms with van der Waals surface area (Å²) in [5, 5.41) is 8.06. The van der Waals surface area contributed by atoms with Gasteiger partial charge in [-0.2, -0.15) is 0 Å². The zero-order valence-corrected chi connectivity index (χ0v) is 71.2. The highest BCUT2D eigenvalue weighted by molar-refractivity contribution is 5.89. The SMILES string of the molecule is C=CCOC(C)C.CC(=O)OC(C)C.CC(C)O.CC(C)OC(=O)C(C)(C)C.CC(C)OC(=O)c1ccccc1.CC(C)OC(C)(C)C.CC(C)OC(C)C.CC(C)OCc1ccccc1.CCCOC(C)C.CCOC(C)C.COC(=O)OC(C)C.COC(C)C.COCOC(C)C. The fourth-order valence-corrected chi connectivity index (χ4v) is 5.06. The highest BCUT2D eigenvalue weighted by Gasteiger charge is 2.23. The van der Waals surface area contributed by atoms with E-state index in [4.69, 9.17) is 52.5 Å². The number of methoxy groups -OCH3 is 3. The Hall–Kier alpha value is -4.54. The van der Waals surface area contributed by atoms with E-state index in [1.165, 1.54) is 19.6 Å². The average molecular weight is 1430 g/mol. The number of rotatable bonds is 23. The Labute approximate surface area is 610 Å². The summed E-state index contributed by atoms with van der Waals surface area (Å²) in [4.78, 5) is 42.5. The van der Waals surface area contributed by atoms with Crippen molar-refractivity contribution in [3.63, 3.8) is 0 Å². The molecule has 0 atom stereocenters. The van der Waals surface area contributed by atoms with Crippen LogP contribution < -0.4 is 0 Å². The molecule has 0 heterocycles. The van der Waals surface area contributed by atoms with Gasteiger partial charge in [-0.25, -0.2) is 9.59 Å². The van der Waals surface area contributed by atoms with Gasteiger partial charge in [-0.05, 0) is 266 Å². The molecule has 0 aromatic heterocycles. The van der Waals surface area contributed by atoms with E-state index in [1.54, 1.807) is 60.1 Å². The van der Waals surface area contributed by atoms with Crippen molar-refractivity contribution in [2.45, 2.75) is 360 Å². The Morgan fingerprint density at radius 2 is 0.838 bits per heavy atom. The monoisotopic (exact) mass is 1430 g/mol. The largest absolute Gasteiger partial charge is 0.508 e. The molecular formula is C80H160O19. The van der Waals surface area contributed by atoms with E-state index in [1.807, 2.05) is 216 Å². The van der Waals surface area contributed by atoms with E-state index >= 15 is 0 Å². The van der Waals surface area contributed by atoms with Crippen molar-refractivity contribution in [3.8, 4) is 0 Å². The minimum atomic E-state index is -0.625. The maximum absolute atomic E-state index is 11.2. The van der Waals surface area contributed by atoms with Gasteiger partial charge in [0.1, 0.15) is 6.79 Å². The van der Waals surface area contributed by atoms with Crippen LogP contribution in [0.25, 0.3) is 0 Å². The fourth-order valence-electron chi connectivity index (χ4n) is 5.06. The molecule has 2 rings (SSSR count). The number of carbonyl (C=O) groups excluding carboxylic acids is 4. The first-order valence-corrected chi connectivity index (χ1v) is 35.4. The van der Waals surface area contributed by atoms with Crippen LogP contribution >= 0.6 is 0 Å². The zero-order valence-electron chi connectivity index (χ0n) is 71.2. The molecule has 1 N–H and O–H groups in total. The molecule has 0 radical (unpaired) electrons. The van der Waals surface area contributed by atoms with Crippen LogP contribution in [0.1, 0.15) is 279 Å². The smallest absolute Gasteiger partial charge is 0.463 e. The van der Waals surface area contributed by atoms with Crippen LogP contribution in [0.15, 0.2) is 73.3 Å². The normalized spacial score (nSPS) is 10.3. The molecule has 0 amide bonds. The second-order valence-corrected chi connectivity index (χ2v) is 27.3. The number of ether oxygens (including phenoxy) is 14. The zero-order chi connectivity index (χ0) is 80.5. The molecule has 2 aromatic rings. The summed E-state index contributed by atoms with van der Waals surface area (Å²) < 4.78 is 69.1. The Balaban J connectivity index is -0.0000000950. The highest BCUT2D eigenvalue weighted by atomic mass is 16.7. The number of hydrogen-bond acceptors (Lipinski definition) is 19. The number of aliphatic hydroxyl groups is 1. The van der Waals surface area contributed by atoms with Gasteiger partial charge >= 0.3 is 24.1 Å². The molecular weight excluding hydrogens is 1260 g/mol. The van der Waals surface area contributed by atoms with E-state index < -0.39 is 6.16 Å². The van der Waals surface area contributed by atoms with Crippen LogP contribution in [0.3, 0.4) is 0 Å². The average Bonchev–Trinajstić information content (AvgIpc) is 0.932. The molecule has 19 heteroatoms. The van der Waals surface area contributed by atoms with Gasteiger partial charge < -0.3 is 71.4 Å². The van der Waals surface area contributed by atoms with Crippen molar-refractivity contribution in [2.75, 3.05) is 47.9 Å². The molecule has 0 spiro atoms. The second kappa shape index (κ2) is 82.4. The molecule has 0 aliphatic rings. The van der Waals surface area contributed by atoms with Crippen molar-refractivity contribution in [2.24, 2.45) is 5.41 Å². The van der Waals surface area contributed by atoms with Gasteiger partial charge in [0.2, 0.25) is 0 Å². The highest BCUT2D eigenvalue weighted by Crippen LogP contribution is 2.16. The molecule has 0 saturated heterocycles. The molecule has 19 nitrogen and oxygen atoms in total. The summed E-state index contributed by atoms with van der Waals surface area (Å²) in [7, 11) is 4.60. The van der Waals surface area contributed by atoms with Crippen LogP contribution in [0.5, 0.6) is 0 Å². The maximum Gasteiger partial charge on any atom is 0.508 e. The summed E-state index contributed by atoms with van der Waals surface area (Å²) in [6.07, 6.45) is 5.15. The van der Waals surface area contributed by atoms with Crippen molar-refractivity contribution < 1.29 is 90.6 Å². The van der Waals surface area contributed by atoms with Crippen LogP contribution in [-0.4, -0.2) is 168 Å². The molecule has 0 bridgehead atoms. The van der Waals surface area contributed by atoms with Crippen LogP contribution in [0, 0.1) is 5.41 Å². The third kappa shape index (κ3) is 157. The van der Waals surface area contributed by atoms with Crippen LogP contribution in [-0.2, 0) is 82.5 Å². The summed E-state index contributed by atoms with van der Waals surface area (Å²) in [6, 6.07) is 19.2. The number of hydrogen-bond donors (Lipinski definition) is 1. The lowest BCUT2D eigenvalue weighted by Crippen LogP contribution is -2.25. The maximum atomic E-state index is 11.2. The fraction of sp³-hybridized carbons (Fsp3) is 0.775. The van der Waals surface area contributed by atoms with Crippen molar-refractivity contribution in [3.05, 3.63) is 84.4 Å². The van der Waals surface area contributed by atoms with Gasteiger partial charge in [-0.1, -0.05) is 61.5 Å². The van der Waals surface area contributed by atoms with Gasteiger partial charge in [0.05, 0.1) is 116 Å². The van der Waals surface area contributed by atoms with E-state index in [2.05, 4.69) is 79.2 Å². The second-order valence-electron chi connectivity index (χ2n) is 27.3. The predicted octanol–water partition coefficient (Wildman–Crippen LogP) is 20.3. The number of benzene rings is 2. The molecule has 0 aliphatic heterocycles. The first-order valence-electron chi connectivity index (χ1n) is 35.4.